The summed E-state index contributed by atoms with van der Waals surface area (Å²) in [7, 11) is 0. The van der Waals surface area contributed by atoms with Crippen LogP contribution in [0.25, 0.3) is 5.13 Å². The minimum atomic E-state index is -4.88. The number of alkyl halides is 6. The molecular formula is C19H17F6N3O2S. The van der Waals surface area contributed by atoms with Gasteiger partial charge in [-0.2, -0.15) is 31.4 Å². The van der Waals surface area contributed by atoms with Crippen LogP contribution in [0.2, 0.25) is 0 Å². The van der Waals surface area contributed by atoms with Gasteiger partial charge in [0.15, 0.2) is 5.69 Å². The monoisotopic (exact) mass is 465 g/mol. The molecule has 0 radical (unpaired) electrons. The molecule has 0 fully saturated rings. The molecule has 168 valence electrons. The SMILES string of the molecule is CCOC(=O)c1cnn(-c2nc(CCC3C=CC=C(C(F)(F)F)C3)cs2)c1C(F)(F)F. The number of halogens is 6. The Hall–Kier alpha value is -2.63. The van der Waals surface area contributed by atoms with Gasteiger partial charge in [-0.05, 0) is 32.1 Å². The Kier molecular flexibility index (Phi) is 6.58. The highest BCUT2D eigenvalue weighted by Crippen LogP contribution is 2.36. The van der Waals surface area contributed by atoms with Crippen LogP contribution in [0, 0.1) is 5.92 Å². The second kappa shape index (κ2) is 8.85. The minimum Gasteiger partial charge on any atom is -0.462 e. The molecule has 0 saturated heterocycles. The number of hydrogen-bond donors (Lipinski definition) is 0. The highest BCUT2D eigenvalue weighted by molar-refractivity contribution is 7.12. The van der Waals surface area contributed by atoms with Crippen LogP contribution in [-0.4, -0.2) is 33.5 Å². The van der Waals surface area contributed by atoms with Crippen molar-refractivity contribution >= 4 is 17.3 Å². The predicted octanol–water partition coefficient (Wildman–Crippen LogP) is 5.52. The van der Waals surface area contributed by atoms with Crippen LogP contribution in [0.1, 0.15) is 41.5 Å². The third kappa shape index (κ3) is 5.35. The van der Waals surface area contributed by atoms with Gasteiger partial charge in [0, 0.05) is 11.0 Å². The van der Waals surface area contributed by atoms with Gasteiger partial charge in [-0.3, -0.25) is 0 Å². The molecule has 0 bridgehead atoms. The smallest absolute Gasteiger partial charge is 0.434 e. The van der Waals surface area contributed by atoms with E-state index < -0.39 is 35.2 Å². The van der Waals surface area contributed by atoms with E-state index in [-0.39, 0.29) is 30.5 Å². The van der Waals surface area contributed by atoms with Gasteiger partial charge in [-0.1, -0.05) is 18.2 Å². The van der Waals surface area contributed by atoms with Crippen molar-refractivity contribution in [3.05, 3.63) is 52.3 Å². The van der Waals surface area contributed by atoms with Gasteiger partial charge in [-0.25, -0.2) is 14.5 Å². The summed E-state index contributed by atoms with van der Waals surface area (Å²) in [6.07, 6.45) is -3.94. The maximum absolute atomic E-state index is 13.6. The number of esters is 1. The molecule has 0 N–H and O–H groups in total. The van der Waals surface area contributed by atoms with Crippen molar-refractivity contribution in [3.8, 4) is 5.13 Å². The normalized spacial score (nSPS) is 17.0. The van der Waals surface area contributed by atoms with E-state index in [0.717, 1.165) is 23.6 Å². The maximum atomic E-state index is 13.6. The van der Waals surface area contributed by atoms with Crippen LogP contribution in [0.4, 0.5) is 26.3 Å². The molecule has 5 nitrogen and oxygen atoms in total. The molecule has 0 aliphatic heterocycles. The summed E-state index contributed by atoms with van der Waals surface area (Å²) in [6.45, 7) is 1.38. The van der Waals surface area contributed by atoms with Crippen LogP contribution in [0.15, 0.2) is 35.4 Å². The fourth-order valence-corrected chi connectivity index (χ4v) is 3.94. The van der Waals surface area contributed by atoms with Crippen molar-refractivity contribution in [2.45, 2.75) is 38.5 Å². The number of ether oxygens (including phenoxy) is 1. The van der Waals surface area contributed by atoms with Crippen LogP contribution in [0.5, 0.6) is 0 Å². The van der Waals surface area contributed by atoms with Gasteiger partial charge in [-0.15, -0.1) is 11.3 Å². The average Bonchev–Trinajstić information content (AvgIpc) is 3.33. The fraction of sp³-hybridized carbons (Fsp3) is 0.421. The van der Waals surface area contributed by atoms with E-state index in [1.807, 2.05) is 0 Å². The number of thiazole rings is 1. The molecule has 2 aromatic rings. The van der Waals surface area contributed by atoms with Crippen molar-refractivity contribution < 1.29 is 35.9 Å². The number of aryl methyl sites for hydroxylation is 1. The summed E-state index contributed by atoms with van der Waals surface area (Å²) in [5.41, 5.74) is -2.19. The second-order valence-electron chi connectivity index (χ2n) is 6.74. The van der Waals surface area contributed by atoms with Crippen molar-refractivity contribution in [3.63, 3.8) is 0 Å². The van der Waals surface area contributed by atoms with E-state index in [0.29, 0.717) is 16.8 Å². The molecule has 1 unspecified atom stereocenters. The van der Waals surface area contributed by atoms with Gasteiger partial charge in [0.25, 0.3) is 0 Å². The Morgan fingerprint density at radius 1 is 1.26 bits per heavy atom. The number of allylic oxidation sites excluding steroid dienone is 4. The number of rotatable bonds is 6. The van der Waals surface area contributed by atoms with E-state index in [1.165, 1.54) is 18.4 Å². The Morgan fingerprint density at radius 2 is 2.00 bits per heavy atom. The summed E-state index contributed by atoms with van der Waals surface area (Å²) in [4.78, 5) is 16.0. The van der Waals surface area contributed by atoms with Crippen molar-refractivity contribution in [1.82, 2.24) is 14.8 Å². The largest absolute Gasteiger partial charge is 0.462 e. The van der Waals surface area contributed by atoms with Crippen LogP contribution in [-0.2, 0) is 17.3 Å². The first-order valence-corrected chi connectivity index (χ1v) is 10.1. The summed E-state index contributed by atoms with van der Waals surface area (Å²) in [6, 6.07) is 0. The minimum absolute atomic E-state index is 0.0937. The average molecular weight is 465 g/mol. The lowest BCUT2D eigenvalue weighted by atomic mass is 9.90. The van der Waals surface area contributed by atoms with Gasteiger partial charge in [0.1, 0.15) is 5.56 Å². The van der Waals surface area contributed by atoms with Crippen molar-refractivity contribution in [2.24, 2.45) is 5.92 Å². The zero-order valence-electron chi connectivity index (χ0n) is 16.1. The first-order chi connectivity index (χ1) is 14.5. The van der Waals surface area contributed by atoms with E-state index in [2.05, 4.69) is 14.8 Å². The first kappa shape index (κ1) is 23.0. The first-order valence-electron chi connectivity index (χ1n) is 9.22. The molecule has 1 aliphatic carbocycles. The quantitative estimate of drug-likeness (QED) is 0.416. The maximum Gasteiger partial charge on any atom is 0.434 e. The van der Waals surface area contributed by atoms with Crippen LogP contribution >= 0.6 is 11.3 Å². The molecule has 1 atom stereocenters. The van der Waals surface area contributed by atoms with E-state index in [4.69, 9.17) is 0 Å². The zero-order valence-corrected chi connectivity index (χ0v) is 16.9. The van der Waals surface area contributed by atoms with Gasteiger partial charge < -0.3 is 4.74 Å². The molecule has 31 heavy (non-hydrogen) atoms. The fourth-order valence-electron chi connectivity index (χ4n) is 3.12. The van der Waals surface area contributed by atoms with E-state index >= 15 is 0 Å². The number of hydrogen-bond acceptors (Lipinski definition) is 5. The van der Waals surface area contributed by atoms with Crippen molar-refractivity contribution in [2.75, 3.05) is 6.61 Å². The van der Waals surface area contributed by atoms with Crippen LogP contribution in [0.3, 0.4) is 0 Å². The number of carbonyl (C=O) groups is 1. The van der Waals surface area contributed by atoms with Gasteiger partial charge in [0.2, 0.25) is 5.13 Å². The second-order valence-corrected chi connectivity index (χ2v) is 7.57. The summed E-state index contributed by atoms with van der Waals surface area (Å²) < 4.78 is 84.5. The molecule has 1 aliphatic rings. The molecule has 12 heteroatoms. The molecule has 0 amide bonds. The number of nitrogens with zero attached hydrogens (tertiary/aromatic N) is 3. The summed E-state index contributed by atoms with van der Waals surface area (Å²) in [5.74, 6) is -1.49. The van der Waals surface area contributed by atoms with Gasteiger partial charge >= 0.3 is 18.3 Å². The zero-order chi connectivity index (χ0) is 22.8. The molecule has 2 aromatic heterocycles. The van der Waals surface area contributed by atoms with Crippen LogP contribution < -0.4 is 0 Å². The van der Waals surface area contributed by atoms with Crippen molar-refractivity contribution in [1.29, 1.82) is 0 Å². The van der Waals surface area contributed by atoms with E-state index in [9.17, 15) is 31.1 Å². The summed E-state index contributed by atoms with van der Waals surface area (Å²) in [5, 5.41) is 5.07. The topological polar surface area (TPSA) is 57.0 Å². The molecule has 2 heterocycles. The highest BCUT2D eigenvalue weighted by Gasteiger charge is 2.41. The number of carbonyl (C=O) groups excluding carboxylic acids is 1. The lowest BCUT2D eigenvalue weighted by Crippen LogP contribution is -2.18. The predicted molar refractivity (Wildman–Crippen MR) is 99.9 cm³/mol. The summed E-state index contributed by atoms with van der Waals surface area (Å²) >= 11 is 0.891. The highest BCUT2D eigenvalue weighted by atomic mass is 32.1. The molecule has 0 saturated carbocycles. The molecule has 0 spiro atoms. The molecule has 0 aromatic carbocycles. The molecular weight excluding hydrogens is 448 g/mol. The third-order valence-electron chi connectivity index (χ3n) is 4.55. The lowest BCUT2D eigenvalue weighted by Gasteiger charge is -2.19. The number of aromatic nitrogens is 3. The Labute approximate surface area is 177 Å². The standard InChI is InChI=1S/C19H17F6N3O2S/c1-2-30-16(29)14-9-26-28(15(14)19(23,24)25)17-27-13(10-31-17)7-6-11-4-3-5-12(8-11)18(20,21)22/h3-5,9-11H,2,6-8H2,1H3. The Balaban J connectivity index is 1.75. The van der Waals surface area contributed by atoms with E-state index in [1.54, 1.807) is 6.08 Å². The third-order valence-corrected chi connectivity index (χ3v) is 5.42. The Morgan fingerprint density at radius 3 is 2.65 bits per heavy atom. The Bertz CT molecular complexity index is 1000. The lowest BCUT2D eigenvalue weighted by molar-refractivity contribution is -0.143. The van der Waals surface area contributed by atoms with Gasteiger partial charge in [0.05, 0.1) is 18.5 Å². The molecule has 3 rings (SSSR count).